The van der Waals surface area contributed by atoms with Crippen LogP contribution in [-0.2, 0) is 0 Å². The summed E-state index contributed by atoms with van der Waals surface area (Å²) < 4.78 is 9.22. The van der Waals surface area contributed by atoms with Gasteiger partial charge in [-0.25, -0.2) is 9.97 Å². The number of nitrogens with zero attached hydrogens (tertiary/aromatic N) is 3. The number of benzene rings is 7. The first-order valence-electron chi connectivity index (χ1n) is 16.8. The van der Waals surface area contributed by atoms with Crippen molar-refractivity contribution in [2.45, 2.75) is 0 Å². The van der Waals surface area contributed by atoms with Crippen molar-refractivity contribution in [1.29, 1.82) is 0 Å². The Morgan fingerprint density at radius 2 is 0.940 bits per heavy atom. The summed E-state index contributed by atoms with van der Waals surface area (Å²) in [5.74, 6) is 0.679. The van der Waals surface area contributed by atoms with Gasteiger partial charge in [0.1, 0.15) is 5.58 Å². The van der Waals surface area contributed by atoms with Gasteiger partial charge in [0, 0.05) is 43.8 Å². The molecule has 10 rings (SSSR count). The van der Waals surface area contributed by atoms with E-state index in [9.17, 15) is 0 Å². The minimum atomic E-state index is 0.679. The second-order valence-corrected chi connectivity index (χ2v) is 12.6. The summed E-state index contributed by atoms with van der Waals surface area (Å²) in [6.07, 6.45) is 0. The number of fused-ring (bicyclic) bond motifs is 6. The van der Waals surface area contributed by atoms with Crippen molar-refractivity contribution in [3.63, 3.8) is 0 Å². The lowest BCUT2D eigenvalue weighted by Gasteiger charge is -2.11. The van der Waals surface area contributed by atoms with Crippen molar-refractivity contribution in [3.8, 4) is 50.7 Å². The zero-order valence-corrected chi connectivity index (χ0v) is 27.0. The van der Waals surface area contributed by atoms with E-state index in [1.807, 2.05) is 42.5 Å². The zero-order chi connectivity index (χ0) is 33.0. The van der Waals surface area contributed by atoms with Crippen LogP contribution in [0.2, 0.25) is 0 Å². The van der Waals surface area contributed by atoms with Gasteiger partial charge in [0.2, 0.25) is 0 Å². The highest BCUT2D eigenvalue weighted by atomic mass is 16.3. The van der Waals surface area contributed by atoms with Crippen LogP contribution in [0.5, 0.6) is 0 Å². The van der Waals surface area contributed by atoms with Crippen LogP contribution < -0.4 is 0 Å². The largest absolute Gasteiger partial charge is 0.453 e. The highest BCUT2D eigenvalue weighted by molar-refractivity contribution is 6.14. The van der Waals surface area contributed by atoms with Gasteiger partial charge in [0.05, 0.1) is 28.1 Å². The van der Waals surface area contributed by atoms with E-state index < -0.39 is 0 Å². The normalized spacial score (nSPS) is 11.6. The molecule has 234 valence electrons. The Morgan fingerprint density at radius 1 is 0.380 bits per heavy atom. The van der Waals surface area contributed by atoms with Gasteiger partial charge in [0.25, 0.3) is 0 Å². The Kier molecular flexibility index (Phi) is 6.46. The van der Waals surface area contributed by atoms with Crippen molar-refractivity contribution in [2.24, 2.45) is 0 Å². The molecule has 50 heavy (non-hydrogen) atoms. The summed E-state index contributed by atoms with van der Waals surface area (Å²) >= 11 is 0. The third-order valence-corrected chi connectivity index (χ3v) is 9.63. The van der Waals surface area contributed by atoms with E-state index in [-0.39, 0.29) is 0 Å². The maximum absolute atomic E-state index is 6.89. The minimum Gasteiger partial charge on any atom is -0.453 e. The first-order valence-corrected chi connectivity index (χ1v) is 16.8. The minimum absolute atomic E-state index is 0.679. The summed E-state index contributed by atoms with van der Waals surface area (Å²) in [6, 6.07) is 61.2. The molecule has 0 unspecified atom stereocenters. The Labute approximate surface area is 288 Å². The summed E-state index contributed by atoms with van der Waals surface area (Å²) in [6.45, 7) is 0. The van der Waals surface area contributed by atoms with Crippen molar-refractivity contribution in [1.82, 2.24) is 14.5 Å². The molecule has 7 aromatic carbocycles. The molecule has 0 fully saturated rings. The van der Waals surface area contributed by atoms with E-state index in [4.69, 9.17) is 14.4 Å². The standard InChI is InChI=1S/C46H29N3O/c1-4-14-30(15-5-1)34-21-12-22-37-38-23-13-25-42(45(38)50-44(34)37)49-41-24-11-10-20-35(41)36-27-26-33(28-43(36)49)46-47-39(31-16-6-2-7-17-31)29-40(48-46)32-18-8-3-9-19-32/h1-29H. The molecule has 10 aromatic rings. The molecule has 0 aliphatic rings. The molecule has 3 heterocycles. The first kappa shape index (κ1) is 28.3. The van der Waals surface area contributed by atoms with E-state index in [1.54, 1.807) is 0 Å². The summed E-state index contributed by atoms with van der Waals surface area (Å²) in [5.41, 5.74) is 11.9. The molecular formula is C46H29N3O. The molecule has 0 bridgehead atoms. The Morgan fingerprint density at radius 3 is 1.64 bits per heavy atom. The smallest absolute Gasteiger partial charge is 0.160 e. The lowest BCUT2D eigenvalue weighted by atomic mass is 10.0. The second-order valence-electron chi connectivity index (χ2n) is 12.6. The predicted octanol–water partition coefficient (Wildman–Crippen LogP) is 12.1. The van der Waals surface area contributed by atoms with Gasteiger partial charge in [-0.3, -0.25) is 0 Å². The van der Waals surface area contributed by atoms with Gasteiger partial charge in [0.15, 0.2) is 11.4 Å². The van der Waals surface area contributed by atoms with Crippen LogP contribution in [0.15, 0.2) is 180 Å². The van der Waals surface area contributed by atoms with Crippen LogP contribution >= 0.6 is 0 Å². The van der Waals surface area contributed by atoms with Crippen molar-refractivity contribution in [3.05, 3.63) is 176 Å². The molecule has 0 radical (unpaired) electrons. The van der Waals surface area contributed by atoms with E-state index in [2.05, 4.69) is 138 Å². The Bertz CT molecular complexity index is 2800. The van der Waals surface area contributed by atoms with E-state index in [1.165, 1.54) is 5.39 Å². The number of rotatable bonds is 5. The summed E-state index contributed by atoms with van der Waals surface area (Å²) in [7, 11) is 0. The van der Waals surface area contributed by atoms with Crippen molar-refractivity contribution < 1.29 is 4.42 Å². The molecule has 0 amide bonds. The predicted molar refractivity (Wildman–Crippen MR) is 205 cm³/mol. The summed E-state index contributed by atoms with van der Waals surface area (Å²) in [4.78, 5) is 10.3. The van der Waals surface area contributed by atoms with Crippen molar-refractivity contribution >= 4 is 43.7 Å². The molecule has 0 atom stereocenters. The van der Waals surface area contributed by atoms with Gasteiger partial charge in [-0.1, -0.05) is 152 Å². The average molecular weight is 640 g/mol. The van der Waals surface area contributed by atoms with Crippen LogP contribution in [0.3, 0.4) is 0 Å². The molecule has 0 spiro atoms. The van der Waals surface area contributed by atoms with Gasteiger partial charge in [-0.05, 0) is 29.8 Å². The summed E-state index contributed by atoms with van der Waals surface area (Å²) in [5, 5.41) is 4.52. The first-order chi connectivity index (χ1) is 24.8. The van der Waals surface area contributed by atoms with Crippen LogP contribution in [-0.4, -0.2) is 14.5 Å². The van der Waals surface area contributed by atoms with Crippen LogP contribution in [0.1, 0.15) is 0 Å². The molecule has 0 N–H and O–H groups in total. The fourth-order valence-corrected chi connectivity index (χ4v) is 7.29. The molecular weight excluding hydrogens is 611 g/mol. The quantitative estimate of drug-likeness (QED) is 0.188. The second kappa shape index (κ2) is 11.4. The fraction of sp³-hybridized carbons (Fsp3) is 0. The number of para-hydroxylation sites is 3. The molecule has 0 aliphatic heterocycles. The molecule has 4 nitrogen and oxygen atoms in total. The maximum Gasteiger partial charge on any atom is 0.160 e. The lowest BCUT2D eigenvalue weighted by Crippen LogP contribution is -1.97. The molecule has 0 saturated carbocycles. The van der Waals surface area contributed by atoms with Gasteiger partial charge < -0.3 is 8.98 Å². The Balaban J connectivity index is 1.23. The van der Waals surface area contributed by atoms with Gasteiger partial charge in [-0.15, -0.1) is 0 Å². The Hall–Kier alpha value is -6.78. The van der Waals surface area contributed by atoms with E-state index >= 15 is 0 Å². The molecule has 3 aromatic heterocycles. The third kappa shape index (κ3) is 4.54. The molecule has 0 saturated heterocycles. The number of hydrogen-bond donors (Lipinski definition) is 0. The molecule has 4 heteroatoms. The zero-order valence-electron chi connectivity index (χ0n) is 27.0. The monoisotopic (exact) mass is 639 g/mol. The topological polar surface area (TPSA) is 43.9 Å². The van der Waals surface area contributed by atoms with Crippen LogP contribution in [0.4, 0.5) is 0 Å². The number of hydrogen-bond acceptors (Lipinski definition) is 3. The fourth-order valence-electron chi connectivity index (χ4n) is 7.29. The number of furan rings is 1. The van der Waals surface area contributed by atoms with Gasteiger partial charge in [-0.2, -0.15) is 0 Å². The van der Waals surface area contributed by atoms with Crippen LogP contribution in [0, 0.1) is 0 Å². The van der Waals surface area contributed by atoms with Crippen molar-refractivity contribution in [2.75, 3.05) is 0 Å². The van der Waals surface area contributed by atoms with Gasteiger partial charge >= 0.3 is 0 Å². The van der Waals surface area contributed by atoms with E-state index in [0.717, 1.165) is 83.3 Å². The highest BCUT2D eigenvalue weighted by Gasteiger charge is 2.20. The average Bonchev–Trinajstić information content (AvgIpc) is 3.74. The third-order valence-electron chi connectivity index (χ3n) is 9.63. The highest BCUT2D eigenvalue weighted by Crippen LogP contribution is 2.41. The molecule has 0 aliphatic carbocycles. The van der Waals surface area contributed by atoms with Crippen LogP contribution in [0.25, 0.3) is 94.5 Å². The lowest BCUT2D eigenvalue weighted by molar-refractivity contribution is 0.667. The van der Waals surface area contributed by atoms with E-state index in [0.29, 0.717) is 5.82 Å². The maximum atomic E-state index is 6.89. The number of aromatic nitrogens is 3. The SMILES string of the molecule is c1ccc(-c2cc(-c3ccccc3)nc(-c3ccc4c5ccccc5n(-c5cccc6c5oc5c(-c7ccccc7)cccc56)c4c3)n2)cc1.